The van der Waals surface area contributed by atoms with Gasteiger partial charge < -0.3 is 25.4 Å². The predicted molar refractivity (Wildman–Crippen MR) is 159 cm³/mol. The molecule has 0 unspecified atom stereocenters. The van der Waals surface area contributed by atoms with Crippen LogP contribution in [0.25, 0.3) is 38.5 Å². The third-order valence-electron chi connectivity index (χ3n) is 6.99. The fourth-order valence-corrected chi connectivity index (χ4v) is 5.04. The maximum absolute atomic E-state index is 9.24. The van der Waals surface area contributed by atoms with Crippen molar-refractivity contribution in [2.24, 2.45) is 0 Å². The Morgan fingerprint density at radius 2 is 1.41 bits per heavy atom. The molecule has 0 atom stereocenters. The highest BCUT2D eigenvalue weighted by molar-refractivity contribution is 6.07. The van der Waals surface area contributed by atoms with Gasteiger partial charge in [-0.15, -0.1) is 0 Å². The Hall–Kier alpha value is -5.67. The SMILES string of the molecule is N#Cc1ccc2c(ccn2-c2ccc3oc4ccc(Nc5ccccc5Nc5ccccc5N)cc4c3c2)c1. The van der Waals surface area contributed by atoms with Crippen LogP contribution in [0.15, 0.2) is 120 Å². The molecule has 0 aliphatic carbocycles. The Bertz CT molecular complexity index is 2060. The van der Waals surface area contributed by atoms with E-state index in [9.17, 15) is 5.26 Å². The molecule has 0 amide bonds. The van der Waals surface area contributed by atoms with Crippen LogP contribution in [0, 0.1) is 11.3 Å². The molecule has 0 aliphatic heterocycles. The summed E-state index contributed by atoms with van der Waals surface area (Å²) in [5.74, 6) is 0. The molecule has 0 aliphatic rings. The van der Waals surface area contributed by atoms with Gasteiger partial charge >= 0.3 is 0 Å². The van der Waals surface area contributed by atoms with E-state index >= 15 is 0 Å². The number of nitrogens with one attached hydrogen (secondary N) is 2. The normalized spacial score (nSPS) is 11.2. The molecule has 2 heterocycles. The zero-order valence-electron chi connectivity index (χ0n) is 20.8. The molecule has 6 heteroatoms. The van der Waals surface area contributed by atoms with Gasteiger partial charge in [-0.1, -0.05) is 24.3 Å². The number of nitriles is 1. The number of para-hydroxylation sites is 4. The van der Waals surface area contributed by atoms with Gasteiger partial charge in [0.2, 0.25) is 0 Å². The molecule has 39 heavy (non-hydrogen) atoms. The van der Waals surface area contributed by atoms with Crippen molar-refractivity contribution in [1.82, 2.24) is 4.57 Å². The average Bonchev–Trinajstić information content (AvgIpc) is 3.55. The third-order valence-corrected chi connectivity index (χ3v) is 6.99. The Kier molecular flexibility index (Phi) is 5.21. The van der Waals surface area contributed by atoms with Gasteiger partial charge in [0, 0.05) is 33.7 Å². The fraction of sp³-hybridized carbons (Fsp3) is 0. The monoisotopic (exact) mass is 505 g/mol. The number of nitrogens with two attached hydrogens (primary N) is 1. The van der Waals surface area contributed by atoms with Crippen LogP contribution < -0.4 is 16.4 Å². The number of hydrogen-bond acceptors (Lipinski definition) is 5. The number of aromatic nitrogens is 1. The maximum atomic E-state index is 9.24. The molecule has 0 bridgehead atoms. The van der Waals surface area contributed by atoms with Crippen molar-refractivity contribution >= 4 is 61.3 Å². The van der Waals surface area contributed by atoms with E-state index < -0.39 is 0 Å². The summed E-state index contributed by atoms with van der Waals surface area (Å²) in [7, 11) is 0. The molecule has 186 valence electrons. The van der Waals surface area contributed by atoms with Crippen molar-refractivity contribution in [3.63, 3.8) is 0 Å². The summed E-state index contributed by atoms with van der Waals surface area (Å²) in [6.07, 6.45) is 2.03. The molecule has 0 fully saturated rings. The smallest absolute Gasteiger partial charge is 0.135 e. The molecule has 0 saturated heterocycles. The van der Waals surface area contributed by atoms with E-state index in [4.69, 9.17) is 10.2 Å². The van der Waals surface area contributed by atoms with Gasteiger partial charge in [-0.3, -0.25) is 0 Å². The van der Waals surface area contributed by atoms with Crippen LogP contribution >= 0.6 is 0 Å². The second kappa shape index (κ2) is 9.02. The highest BCUT2D eigenvalue weighted by Crippen LogP contribution is 2.35. The number of hydrogen-bond donors (Lipinski definition) is 3. The van der Waals surface area contributed by atoms with E-state index in [1.165, 1.54) is 0 Å². The minimum atomic E-state index is 0.653. The lowest BCUT2D eigenvalue weighted by Gasteiger charge is -2.15. The highest BCUT2D eigenvalue weighted by atomic mass is 16.3. The Morgan fingerprint density at radius 1 is 0.692 bits per heavy atom. The van der Waals surface area contributed by atoms with E-state index in [0.717, 1.165) is 61.3 Å². The fourth-order valence-electron chi connectivity index (χ4n) is 5.04. The van der Waals surface area contributed by atoms with E-state index in [0.29, 0.717) is 11.3 Å². The molecule has 0 saturated carbocycles. The number of furan rings is 1. The topological polar surface area (TPSA) is 91.9 Å². The molecule has 5 aromatic carbocycles. The summed E-state index contributed by atoms with van der Waals surface area (Å²) in [4.78, 5) is 0. The Labute approximate surface area is 224 Å². The first-order chi connectivity index (χ1) is 19.2. The van der Waals surface area contributed by atoms with Gasteiger partial charge in [0.25, 0.3) is 0 Å². The summed E-state index contributed by atoms with van der Waals surface area (Å²) in [5, 5.41) is 19.3. The summed E-state index contributed by atoms with van der Waals surface area (Å²) >= 11 is 0. The van der Waals surface area contributed by atoms with Crippen LogP contribution in [-0.4, -0.2) is 4.57 Å². The van der Waals surface area contributed by atoms with Crippen LogP contribution in [0.5, 0.6) is 0 Å². The Morgan fingerprint density at radius 3 is 2.21 bits per heavy atom. The minimum Gasteiger partial charge on any atom is -0.456 e. The molecule has 0 radical (unpaired) electrons. The van der Waals surface area contributed by atoms with Gasteiger partial charge in [0.15, 0.2) is 0 Å². The molecule has 6 nitrogen and oxygen atoms in total. The summed E-state index contributed by atoms with van der Waals surface area (Å²) in [6.45, 7) is 0. The van der Waals surface area contributed by atoms with Crippen LogP contribution in [0.1, 0.15) is 5.56 Å². The summed E-state index contributed by atoms with van der Waals surface area (Å²) in [6, 6.07) is 38.1. The molecule has 7 aromatic rings. The first-order valence-corrected chi connectivity index (χ1v) is 12.6. The predicted octanol–water partition coefficient (Wildman–Crippen LogP) is 8.47. The third kappa shape index (κ3) is 3.99. The lowest BCUT2D eigenvalue weighted by atomic mass is 10.1. The number of anilines is 5. The standard InChI is InChI=1S/C33H23N5O/c34-20-21-9-12-31-22(17-21)15-16-38(31)24-11-14-33-26(19-24)25-18-23(10-13-32(25)39-33)36-29-7-3-4-8-30(29)37-28-6-2-1-5-27(28)35/h1-19,36-37H,35H2. The van der Waals surface area contributed by atoms with Gasteiger partial charge in [-0.25, -0.2) is 0 Å². The van der Waals surface area contributed by atoms with Crippen molar-refractivity contribution < 1.29 is 4.42 Å². The van der Waals surface area contributed by atoms with Crippen molar-refractivity contribution in [3.8, 4) is 11.8 Å². The number of rotatable bonds is 5. The van der Waals surface area contributed by atoms with Crippen LogP contribution in [0.3, 0.4) is 0 Å². The first kappa shape index (κ1) is 22.5. The highest BCUT2D eigenvalue weighted by Gasteiger charge is 2.12. The number of nitrogens with zero attached hydrogens (tertiary/aromatic N) is 2. The quantitative estimate of drug-likeness (QED) is 0.204. The number of fused-ring (bicyclic) bond motifs is 4. The maximum Gasteiger partial charge on any atom is 0.135 e. The van der Waals surface area contributed by atoms with E-state index in [-0.39, 0.29) is 0 Å². The van der Waals surface area contributed by atoms with Crippen molar-refractivity contribution in [2.45, 2.75) is 0 Å². The molecule has 0 spiro atoms. The first-order valence-electron chi connectivity index (χ1n) is 12.6. The van der Waals surface area contributed by atoms with Crippen molar-refractivity contribution in [3.05, 3.63) is 121 Å². The van der Waals surface area contributed by atoms with Crippen LogP contribution in [-0.2, 0) is 0 Å². The lowest BCUT2D eigenvalue weighted by molar-refractivity contribution is 0.669. The van der Waals surface area contributed by atoms with Crippen LogP contribution in [0.2, 0.25) is 0 Å². The molecular weight excluding hydrogens is 482 g/mol. The van der Waals surface area contributed by atoms with Gasteiger partial charge in [-0.05, 0) is 84.9 Å². The van der Waals surface area contributed by atoms with E-state index in [1.54, 1.807) is 0 Å². The largest absolute Gasteiger partial charge is 0.456 e. The minimum absolute atomic E-state index is 0.653. The van der Waals surface area contributed by atoms with Crippen LogP contribution in [0.4, 0.5) is 28.4 Å². The lowest BCUT2D eigenvalue weighted by Crippen LogP contribution is -1.99. The van der Waals surface area contributed by atoms with E-state index in [1.807, 2.05) is 97.2 Å². The van der Waals surface area contributed by atoms with E-state index in [2.05, 4.69) is 39.5 Å². The zero-order valence-corrected chi connectivity index (χ0v) is 20.8. The number of benzene rings is 5. The summed E-state index contributed by atoms with van der Waals surface area (Å²) in [5.41, 5.74) is 14.9. The number of nitrogen functional groups attached to an aromatic ring is 1. The average molecular weight is 506 g/mol. The molecular formula is C33H23N5O. The second-order valence-corrected chi connectivity index (χ2v) is 9.45. The second-order valence-electron chi connectivity index (χ2n) is 9.45. The van der Waals surface area contributed by atoms with Crippen molar-refractivity contribution in [1.29, 1.82) is 5.26 Å². The van der Waals surface area contributed by atoms with Gasteiger partial charge in [0.1, 0.15) is 11.2 Å². The zero-order chi connectivity index (χ0) is 26.3. The molecule has 4 N–H and O–H groups in total. The van der Waals surface area contributed by atoms with Gasteiger partial charge in [0.05, 0.1) is 39.9 Å². The summed E-state index contributed by atoms with van der Waals surface area (Å²) < 4.78 is 8.30. The molecule has 2 aromatic heterocycles. The molecule has 7 rings (SSSR count). The van der Waals surface area contributed by atoms with Crippen molar-refractivity contribution in [2.75, 3.05) is 16.4 Å². The Balaban J connectivity index is 1.26. The van der Waals surface area contributed by atoms with Gasteiger partial charge in [-0.2, -0.15) is 5.26 Å².